The number of hydrogen-bond donors (Lipinski definition) is 3. The van der Waals surface area contributed by atoms with Crippen LogP contribution in [-0.4, -0.2) is 45.6 Å². The van der Waals surface area contributed by atoms with E-state index in [0.29, 0.717) is 12.5 Å². The number of phenolic OH excluding ortho intramolecular Hbond substituents is 2. The van der Waals surface area contributed by atoms with Gasteiger partial charge in [0, 0.05) is 32.0 Å². The lowest BCUT2D eigenvalue weighted by atomic mass is 10.1. The lowest BCUT2D eigenvalue weighted by Gasteiger charge is -2.16. The van der Waals surface area contributed by atoms with E-state index in [2.05, 4.69) is 15.2 Å². The Labute approximate surface area is 140 Å². The minimum atomic E-state index is -0.446. The molecule has 24 heavy (non-hydrogen) atoms. The minimum Gasteiger partial charge on any atom is -0.507 e. The Morgan fingerprint density at radius 3 is 2.62 bits per heavy atom. The number of amides is 1. The molecule has 1 aliphatic rings. The van der Waals surface area contributed by atoms with E-state index in [9.17, 15) is 15.0 Å². The number of benzene rings is 1. The number of carbonyl (C=O) groups is 1. The summed E-state index contributed by atoms with van der Waals surface area (Å²) in [5.74, 6) is -0.501. The van der Waals surface area contributed by atoms with Crippen molar-refractivity contribution in [2.24, 2.45) is 5.92 Å². The zero-order chi connectivity index (χ0) is 16.9. The predicted octanol–water partition coefficient (Wildman–Crippen LogP) is 1.74. The summed E-state index contributed by atoms with van der Waals surface area (Å²) in [6.45, 7) is 3.31. The smallest absolute Gasteiger partial charge is 0.258 e. The average Bonchev–Trinajstić information content (AvgIpc) is 3.01. The Morgan fingerprint density at radius 2 is 1.92 bits per heavy atom. The quantitative estimate of drug-likeness (QED) is 0.779. The molecule has 3 rings (SSSR count). The largest absolute Gasteiger partial charge is 0.507 e. The first kappa shape index (κ1) is 16.3. The molecular weight excluding hydrogens is 306 g/mol. The standard InChI is InChI=1S/C18H21N3O3/c22-15-2-1-3-16(23)17(15)18(24)20-10-14-6-9-21(12-14)11-13-4-7-19-8-5-13/h1-5,7-8,14,22-23H,6,9-12H2,(H,20,24)/t14-/m0/s1. The molecule has 1 aromatic heterocycles. The van der Waals surface area contributed by atoms with Gasteiger partial charge in [0.2, 0.25) is 0 Å². The normalized spacial score (nSPS) is 17.8. The van der Waals surface area contributed by atoms with Crippen LogP contribution in [0.15, 0.2) is 42.7 Å². The minimum absolute atomic E-state index is 0.0656. The van der Waals surface area contributed by atoms with Crippen molar-refractivity contribution in [2.75, 3.05) is 19.6 Å². The highest BCUT2D eigenvalue weighted by Gasteiger charge is 2.24. The van der Waals surface area contributed by atoms with Crippen LogP contribution in [0, 0.1) is 5.92 Å². The number of carbonyl (C=O) groups excluding carboxylic acids is 1. The highest BCUT2D eigenvalue weighted by Crippen LogP contribution is 2.26. The van der Waals surface area contributed by atoms with Gasteiger partial charge in [-0.2, -0.15) is 0 Å². The second kappa shape index (κ2) is 7.31. The highest BCUT2D eigenvalue weighted by atomic mass is 16.3. The van der Waals surface area contributed by atoms with Crippen LogP contribution in [0.1, 0.15) is 22.3 Å². The molecule has 1 atom stereocenters. The van der Waals surface area contributed by atoms with Crippen LogP contribution in [0.25, 0.3) is 0 Å². The van der Waals surface area contributed by atoms with Gasteiger partial charge in [-0.3, -0.25) is 14.7 Å². The van der Waals surface area contributed by atoms with Crippen molar-refractivity contribution in [1.82, 2.24) is 15.2 Å². The van der Waals surface area contributed by atoms with Crippen molar-refractivity contribution in [2.45, 2.75) is 13.0 Å². The Balaban J connectivity index is 1.50. The van der Waals surface area contributed by atoms with E-state index in [4.69, 9.17) is 0 Å². The first-order chi connectivity index (χ1) is 11.6. The summed E-state index contributed by atoms with van der Waals surface area (Å²) >= 11 is 0. The molecule has 6 heteroatoms. The third-order valence-corrected chi connectivity index (χ3v) is 4.32. The molecule has 0 bridgehead atoms. The molecule has 2 heterocycles. The van der Waals surface area contributed by atoms with E-state index in [1.165, 1.54) is 23.8 Å². The molecule has 1 fully saturated rings. The lowest BCUT2D eigenvalue weighted by Crippen LogP contribution is -2.31. The molecule has 1 saturated heterocycles. The maximum atomic E-state index is 12.2. The van der Waals surface area contributed by atoms with Gasteiger partial charge in [-0.25, -0.2) is 0 Å². The predicted molar refractivity (Wildman–Crippen MR) is 89.7 cm³/mol. The van der Waals surface area contributed by atoms with Gasteiger partial charge < -0.3 is 15.5 Å². The Morgan fingerprint density at radius 1 is 1.21 bits per heavy atom. The number of rotatable bonds is 5. The zero-order valence-electron chi connectivity index (χ0n) is 13.4. The van der Waals surface area contributed by atoms with E-state index in [-0.39, 0.29) is 17.1 Å². The Kier molecular flexibility index (Phi) is 4.96. The number of likely N-dealkylation sites (tertiary alicyclic amines) is 1. The zero-order valence-corrected chi connectivity index (χ0v) is 13.4. The average molecular weight is 327 g/mol. The first-order valence-electron chi connectivity index (χ1n) is 8.04. The van der Waals surface area contributed by atoms with E-state index < -0.39 is 5.91 Å². The van der Waals surface area contributed by atoms with Crippen molar-refractivity contribution >= 4 is 5.91 Å². The van der Waals surface area contributed by atoms with Gasteiger partial charge >= 0.3 is 0 Å². The molecule has 0 aliphatic carbocycles. The van der Waals surface area contributed by atoms with E-state index in [1.54, 1.807) is 12.4 Å². The fraction of sp³-hybridized carbons (Fsp3) is 0.333. The Bertz CT molecular complexity index is 686. The molecule has 1 aliphatic heterocycles. The molecule has 3 N–H and O–H groups in total. The van der Waals surface area contributed by atoms with Crippen LogP contribution in [0.4, 0.5) is 0 Å². The number of aromatic nitrogens is 1. The number of nitrogens with one attached hydrogen (secondary N) is 1. The van der Waals surface area contributed by atoms with Crippen LogP contribution in [-0.2, 0) is 6.54 Å². The third kappa shape index (κ3) is 3.83. The Hall–Kier alpha value is -2.60. The van der Waals surface area contributed by atoms with Crippen molar-refractivity contribution in [3.63, 3.8) is 0 Å². The molecule has 2 aromatic rings. The summed E-state index contributed by atoms with van der Waals surface area (Å²) in [6.07, 6.45) is 4.60. The van der Waals surface area contributed by atoms with Crippen LogP contribution in [0.2, 0.25) is 0 Å². The molecule has 0 unspecified atom stereocenters. The summed E-state index contributed by atoms with van der Waals surface area (Å²) in [4.78, 5) is 18.5. The summed E-state index contributed by atoms with van der Waals surface area (Å²) < 4.78 is 0. The number of nitrogens with zero attached hydrogens (tertiary/aromatic N) is 2. The SMILES string of the molecule is O=C(NC[C@@H]1CCN(Cc2ccncc2)C1)c1c(O)cccc1O. The van der Waals surface area contributed by atoms with Crippen molar-refractivity contribution in [3.05, 3.63) is 53.9 Å². The lowest BCUT2D eigenvalue weighted by molar-refractivity contribution is 0.0942. The number of pyridine rings is 1. The van der Waals surface area contributed by atoms with Gasteiger partial charge in [0.1, 0.15) is 17.1 Å². The highest BCUT2D eigenvalue weighted by molar-refractivity contribution is 5.99. The van der Waals surface area contributed by atoms with Crippen LogP contribution < -0.4 is 5.32 Å². The van der Waals surface area contributed by atoms with Gasteiger partial charge in [0.05, 0.1) is 0 Å². The third-order valence-electron chi connectivity index (χ3n) is 4.32. The second-order valence-corrected chi connectivity index (χ2v) is 6.13. The molecule has 0 saturated carbocycles. The maximum Gasteiger partial charge on any atom is 0.258 e. The van der Waals surface area contributed by atoms with E-state index in [1.807, 2.05) is 12.1 Å². The molecule has 6 nitrogen and oxygen atoms in total. The fourth-order valence-electron chi connectivity index (χ4n) is 3.06. The maximum absolute atomic E-state index is 12.2. The summed E-state index contributed by atoms with van der Waals surface area (Å²) in [5.41, 5.74) is 1.16. The first-order valence-corrected chi connectivity index (χ1v) is 8.04. The molecule has 1 amide bonds. The number of phenols is 2. The van der Waals surface area contributed by atoms with Crippen molar-refractivity contribution in [1.29, 1.82) is 0 Å². The summed E-state index contributed by atoms with van der Waals surface area (Å²) in [5, 5.41) is 22.3. The molecular formula is C18H21N3O3. The molecule has 126 valence electrons. The fourth-order valence-corrected chi connectivity index (χ4v) is 3.06. The van der Waals surface area contributed by atoms with E-state index in [0.717, 1.165) is 26.1 Å². The van der Waals surface area contributed by atoms with Crippen molar-refractivity contribution in [3.8, 4) is 11.5 Å². The summed E-state index contributed by atoms with van der Waals surface area (Å²) in [7, 11) is 0. The van der Waals surface area contributed by atoms with Crippen molar-refractivity contribution < 1.29 is 15.0 Å². The monoisotopic (exact) mass is 327 g/mol. The molecule has 0 spiro atoms. The molecule has 1 aromatic carbocycles. The van der Waals surface area contributed by atoms with Crippen LogP contribution in [0.3, 0.4) is 0 Å². The topological polar surface area (TPSA) is 85.7 Å². The van der Waals surface area contributed by atoms with Gasteiger partial charge in [-0.1, -0.05) is 6.07 Å². The van der Waals surface area contributed by atoms with Gasteiger partial charge in [-0.15, -0.1) is 0 Å². The van der Waals surface area contributed by atoms with Gasteiger partial charge in [0.15, 0.2) is 0 Å². The molecule has 0 radical (unpaired) electrons. The van der Waals surface area contributed by atoms with Gasteiger partial charge in [-0.05, 0) is 48.7 Å². The van der Waals surface area contributed by atoms with E-state index >= 15 is 0 Å². The second-order valence-electron chi connectivity index (χ2n) is 6.13. The van der Waals surface area contributed by atoms with Crippen LogP contribution in [0.5, 0.6) is 11.5 Å². The van der Waals surface area contributed by atoms with Gasteiger partial charge in [0.25, 0.3) is 5.91 Å². The number of aromatic hydroxyl groups is 2. The number of hydrogen-bond acceptors (Lipinski definition) is 5. The van der Waals surface area contributed by atoms with Crippen LogP contribution >= 0.6 is 0 Å². The summed E-state index contributed by atoms with van der Waals surface area (Å²) in [6, 6.07) is 8.29.